The Labute approximate surface area is 126 Å². The minimum absolute atomic E-state index is 0.231. The molecule has 2 aromatic carbocycles. The summed E-state index contributed by atoms with van der Waals surface area (Å²) in [5, 5.41) is 6.91. The number of rotatable bonds is 5. The Hall–Kier alpha value is -2.89. The maximum atomic E-state index is 12.9. The van der Waals surface area contributed by atoms with Crippen molar-refractivity contribution in [1.82, 2.24) is 15.2 Å². The first-order chi connectivity index (χ1) is 10.8. The van der Waals surface area contributed by atoms with Crippen molar-refractivity contribution in [3.8, 4) is 22.9 Å². The molecule has 0 atom stereocenters. The molecule has 0 aliphatic carbocycles. The van der Waals surface area contributed by atoms with Crippen molar-refractivity contribution in [2.24, 2.45) is 0 Å². The molecule has 6 heteroatoms. The highest BCUT2D eigenvalue weighted by molar-refractivity contribution is 5.54. The van der Waals surface area contributed by atoms with E-state index in [4.69, 9.17) is 9.47 Å². The standard InChI is InChI=1S/C16H14FN3O2/c1-21-13-4-2-3-5-14(13)22-10-15-18-16(20-19-15)11-6-8-12(17)9-7-11/h2-9H,10H2,1H3,(H,18,19,20). The number of nitrogens with one attached hydrogen (secondary N) is 1. The summed E-state index contributed by atoms with van der Waals surface area (Å²) in [6, 6.07) is 13.4. The van der Waals surface area contributed by atoms with Gasteiger partial charge in [0, 0.05) is 5.56 Å². The van der Waals surface area contributed by atoms with Crippen molar-refractivity contribution in [2.45, 2.75) is 6.61 Å². The molecule has 1 N–H and O–H groups in total. The van der Waals surface area contributed by atoms with Gasteiger partial charge in [0.1, 0.15) is 12.4 Å². The second kappa shape index (κ2) is 6.26. The van der Waals surface area contributed by atoms with Crippen LogP contribution in [0.3, 0.4) is 0 Å². The van der Waals surface area contributed by atoms with Gasteiger partial charge in [-0.05, 0) is 36.4 Å². The molecule has 0 saturated carbocycles. The van der Waals surface area contributed by atoms with Gasteiger partial charge in [-0.2, -0.15) is 5.10 Å². The summed E-state index contributed by atoms with van der Waals surface area (Å²) in [5.74, 6) is 2.06. The highest BCUT2D eigenvalue weighted by Crippen LogP contribution is 2.26. The SMILES string of the molecule is COc1ccccc1OCc1nc(-c2ccc(F)cc2)n[nH]1. The van der Waals surface area contributed by atoms with Gasteiger partial charge in [-0.15, -0.1) is 0 Å². The van der Waals surface area contributed by atoms with Gasteiger partial charge in [0.2, 0.25) is 0 Å². The predicted octanol–water partition coefficient (Wildman–Crippen LogP) is 3.20. The molecule has 0 spiro atoms. The summed E-state index contributed by atoms with van der Waals surface area (Å²) in [4.78, 5) is 4.33. The van der Waals surface area contributed by atoms with Gasteiger partial charge < -0.3 is 9.47 Å². The van der Waals surface area contributed by atoms with Crippen molar-refractivity contribution in [2.75, 3.05) is 7.11 Å². The third kappa shape index (κ3) is 3.06. The average Bonchev–Trinajstić information content (AvgIpc) is 3.03. The van der Waals surface area contributed by atoms with Gasteiger partial charge in [0.25, 0.3) is 0 Å². The fourth-order valence-electron chi connectivity index (χ4n) is 1.97. The Balaban J connectivity index is 1.71. The van der Waals surface area contributed by atoms with Gasteiger partial charge in [-0.3, -0.25) is 5.10 Å². The fourth-order valence-corrected chi connectivity index (χ4v) is 1.97. The number of aromatic amines is 1. The summed E-state index contributed by atoms with van der Waals surface area (Å²) in [5.41, 5.74) is 0.737. The molecule has 3 aromatic rings. The van der Waals surface area contributed by atoms with E-state index >= 15 is 0 Å². The third-order valence-electron chi connectivity index (χ3n) is 3.07. The molecule has 0 amide bonds. The number of aromatic nitrogens is 3. The first-order valence-corrected chi connectivity index (χ1v) is 6.69. The smallest absolute Gasteiger partial charge is 0.181 e. The van der Waals surface area contributed by atoms with Crippen LogP contribution in [0.15, 0.2) is 48.5 Å². The van der Waals surface area contributed by atoms with E-state index < -0.39 is 0 Å². The lowest BCUT2D eigenvalue weighted by Crippen LogP contribution is -1.99. The Morgan fingerprint density at radius 2 is 1.77 bits per heavy atom. The van der Waals surface area contributed by atoms with E-state index in [1.54, 1.807) is 19.2 Å². The molecule has 112 valence electrons. The highest BCUT2D eigenvalue weighted by Gasteiger charge is 2.08. The van der Waals surface area contributed by atoms with Crippen LogP contribution in [0.5, 0.6) is 11.5 Å². The van der Waals surface area contributed by atoms with Crippen LogP contribution in [-0.2, 0) is 6.61 Å². The van der Waals surface area contributed by atoms with E-state index in [0.29, 0.717) is 23.1 Å². The van der Waals surface area contributed by atoms with Crippen molar-refractivity contribution in [3.05, 3.63) is 60.2 Å². The van der Waals surface area contributed by atoms with Crippen molar-refractivity contribution in [3.63, 3.8) is 0 Å². The maximum absolute atomic E-state index is 12.9. The predicted molar refractivity (Wildman–Crippen MR) is 79.1 cm³/mol. The molecule has 1 aromatic heterocycles. The summed E-state index contributed by atoms with van der Waals surface area (Å²) in [7, 11) is 1.59. The van der Waals surface area contributed by atoms with E-state index in [-0.39, 0.29) is 12.4 Å². The van der Waals surface area contributed by atoms with Crippen LogP contribution >= 0.6 is 0 Å². The van der Waals surface area contributed by atoms with Crippen LogP contribution in [0.2, 0.25) is 0 Å². The third-order valence-corrected chi connectivity index (χ3v) is 3.07. The summed E-state index contributed by atoms with van der Waals surface area (Å²) >= 11 is 0. The molecule has 0 bridgehead atoms. The van der Waals surface area contributed by atoms with Crippen molar-refractivity contribution < 1.29 is 13.9 Å². The molecule has 0 aliphatic heterocycles. The molecule has 0 fully saturated rings. The molecule has 3 rings (SSSR count). The molecular formula is C16H14FN3O2. The molecule has 0 saturated heterocycles. The quantitative estimate of drug-likeness (QED) is 0.786. The number of halogens is 1. The Bertz CT molecular complexity index is 756. The zero-order valence-electron chi connectivity index (χ0n) is 11.9. The molecule has 0 aliphatic rings. The van der Waals surface area contributed by atoms with E-state index in [1.807, 2.05) is 24.3 Å². The van der Waals surface area contributed by atoms with Crippen LogP contribution < -0.4 is 9.47 Å². The minimum atomic E-state index is -0.293. The van der Waals surface area contributed by atoms with Gasteiger partial charge in [0.05, 0.1) is 7.11 Å². The number of para-hydroxylation sites is 2. The summed E-state index contributed by atoms with van der Waals surface area (Å²) in [6.07, 6.45) is 0. The topological polar surface area (TPSA) is 60.0 Å². The van der Waals surface area contributed by atoms with Crippen LogP contribution in [-0.4, -0.2) is 22.3 Å². The van der Waals surface area contributed by atoms with Crippen LogP contribution in [0.1, 0.15) is 5.82 Å². The number of ether oxygens (including phenoxy) is 2. The molecule has 1 heterocycles. The largest absolute Gasteiger partial charge is 0.493 e. The van der Waals surface area contributed by atoms with Crippen LogP contribution in [0.25, 0.3) is 11.4 Å². The fraction of sp³-hybridized carbons (Fsp3) is 0.125. The second-order valence-electron chi connectivity index (χ2n) is 4.55. The number of benzene rings is 2. The second-order valence-corrected chi connectivity index (χ2v) is 4.55. The maximum Gasteiger partial charge on any atom is 0.181 e. The normalized spacial score (nSPS) is 10.5. The van der Waals surface area contributed by atoms with Crippen LogP contribution in [0.4, 0.5) is 4.39 Å². The first-order valence-electron chi connectivity index (χ1n) is 6.69. The molecular weight excluding hydrogens is 285 g/mol. The van der Waals surface area contributed by atoms with Gasteiger partial charge in [-0.1, -0.05) is 12.1 Å². The lowest BCUT2D eigenvalue weighted by Gasteiger charge is -2.08. The van der Waals surface area contributed by atoms with Gasteiger partial charge >= 0.3 is 0 Å². The van der Waals surface area contributed by atoms with Gasteiger partial charge in [0.15, 0.2) is 23.1 Å². The van der Waals surface area contributed by atoms with E-state index in [1.165, 1.54) is 12.1 Å². The summed E-state index contributed by atoms with van der Waals surface area (Å²) < 4.78 is 23.8. The molecule has 0 unspecified atom stereocenters. The molecule has 0 radical (unpaired) electrons. The Kier molecular flexibility index (Phi) is 4.00. The number of methoxy groups -OCH3 is 1. The lowest BCUT2D eigenvalue weighted by atomic mass is 10.2. The molecule has 22 heavy (non-hydrogen) atoms. The first kappa shape index (κ1) is 14.1. The Morgan fingerprint density at radius 1 is 1.05 bits per heavy atom. The van der Waals surface area contributed by atoms with Crippen molar-refractivity contribution in [1.29, 1.82) is 0 Å². The minimum Gasteiger partial charge on any atom is -0.493 e. The van der Waals surface area contributed by atoms with E-state index in [0.717, 1.165) is 5.56 Å². The van der Waals surface area contributed by atoms with E-state index in [2.05, 4.69) is 15.2 Å². The lowest BCUT2D eigenvalue weighted by molar-refractivity contribution is 0.277. The monoisotopic (exact) mass is 299 g/mol. The number of H-pyrrole nitrogens is 1. The van der Waals surface area contributed by atoms with Gasteiger partial charge in [-0.25, -0.2) is 9.37 Å². The number of hydrogen-bond acceptors (Lipinski definition) is 4. The number of nitrogens with zero attached hydrogens (tertiary/aromatic N) is 2. The molecule has 5 nitrogen and oxygen atoms in total. The highest BCUT2D eigenvalue weighted by atomic mass is 19.1. The zero-order valence-corrected chi connectivity index (χ0v) is 11.9. The zero-order chi connectivity index (χ0) is 15.4. The summed E-state index contributed by atoms with van der Waals surface area (Å²) in [6.45, 7) is 0.231. The van der Waals surface area contributed by atoms with Crippen molar-refractivity contribution >= 4 is 0 Å². The Morgan fingerprint density at radius 3 is 2.50 bits per heavy atom. The van der Waals surface area contributed by atoms with E-state index in [9.17, 15) is 4.39 Å². The average molecular weight is 299 g/mol. The number of hydrogen-bond donors (Lipinski definition) is 1. The van der Waals surface area contributed by atoms with Crippen LogP contribution in [0, 0.1) is 5.82 Å².